The summed E-state index contributed by atoms with van der Waals surface area (Å²) in [6, 6.07) is 2.00. The van der Waals surface area contributed by atoms with Crippen molar-refractivity contribution in [2.75, 3.05) is 26.0 Å². The van der Waals surface area contributed by atoms with E-state index in [-0.39, 0.29) is 12.8 Å². The zero-order valence-corrected chi connectivity index (χ0v) is 11.3. The summed E-state index contributed by atoms with van der Waals surface area (Å²) >= 11 is 0. The van der Waals surface area contributed by atoms with Gasteiger partial charge in [-0.15, -0.1) is 0 Å². The lowest BCUT2D eigenvalue weighted by molar-refractivity contribution is 0.0914. The third-order valence-electron chi connectivity index (χ3n) is 2.74. The maximum atomic E-state index is 11.5. The molecule has 1 saturated heterocycles. The summed E-state index contributed by atoms with van der Waals surface area (Å²) in [5.41, 5.74) is -1.11. The monoisotopic (exact) mass is 275 g/mol. The Morgan fingerprint density at radius 1 is 1.50 bits per heavy atom. The topological polar surface area (TPSA) is 99.5 Å². The maximum Gasteiger partial charge on any atom is 0.409 e. The molecule has 1 rings (SSSR count). The Kier molecular flexibility index (Phi) is 4.53. The molecule has 18 heavy (non-hydrogen) atoms. The van der Waals surface area contributed by atoms with Gasteiger partial charge in [0, 0.05) is 13.1 Å². The van der Waals surface area contributed by atoms with Crippen LogP contribution < -0.4 is 4.72 Å². The summed E-state index contributed by atoms with van der Waals surface area (Å²) in [6.07, 6.45) is 1.11. The zero-order chi connectivity index (χ0) is 13.8. The van der Waals surface area contributed by atoms with Gasteiger partial charge in [0.1, 0.15) is 5.54 Å². The Morgan fingerprint density at radius 3 is 2.44 bits per heavy atom. The van der Waals surface area contributed by atoms with Crippen molar-refractivity contribution in [2.24, 2.45) is 0 Å². The lowest BCUT2D eigenvalue weighted by atomic mass is 9.90. The lowest BCUT2D eigenvalue weighted by Gasteiger charge is -2.36. The molecule has 0 bridgehead atoms. The highest BCUT2D eigenvalue weighted by atomic mass is 32.2. The Balaban J connectivity index is 2.66. The molecule has 8 heteroatoms. The van der Waals surface area contributed by atoms with E-state index in [0.29, 0.717) is 19.7 Å². The predicted molar refractivity (Wildman–Crippen MR) is 64.2 cm³/mol. The second-order valence-corrected chi connectivity index (χ2v) is 6.00. The van der Waals surface area contributed by atoms with Crippen molar-refractivity contribution in [1.82, 2.24) is 9.62 Å². The van der Waals surface area contributed by atoms with Crippen LogP contribution in [0.3, 0.4) is 0 Å². The molecule has 1 N–H and O–H groups in total. The smallest absolute Gasteiger partial charge is 0.409 e. The number of carbonyl (C=O) groups excluding carboxylic acids is 1. The first kappa shape index (κ1) is 14.7. The fourth-order valence-electron chi connectivity index (χ4n) is 1.88. The number of piperidine rings is 1. The molecule has 0 spiro atoms. The Morgan fingerprint density at radius 2 is 2.06 bits per heavy atom. The first-order chi connectivity index (χ1) is 8.32. The number of hydrogen-bond donors (Lipinski definition) is 1. The Bertz CT molecular complexity index is 446. The molecular weight excluding hydrogens is 258 g/mol. The van der Waals surface area contributed by atoms with Crippen LogP contribution >= 0.6 is 0 Å². The molecule has 1 amide bonds. The number of nitrogens with zero attached hydrogens (tertiary/aromatic N) is 2. The molecule has 0 aromatic carbocycles. The summed E-state index contributed by atoms with van der Waals surface area (Å²) < 4.78 is 29.6. The quantitative estimate of drug-likeness (QED) is 0.784. The van der Waals surface area contributed by atoms with E-state index in [2.05, 4.69) is 4.72 Å². The molecule has 1 heterocycles. The van der Waals surface area contributed by atoms with Crippen LogP contribution in [0.25, 0.3) is 0 Å². The summed E-state index contributed by atoms with van der Waals surface area (Å²) in [5, 5.41) is 9.12. The van der Waals surface area contributed by atoms with Gasteiger partial charge in [0.25, 0.3) is 0 Å². The van der Waals surface area contributed by atoms with Crippen LogP contribution in [-0.4, -0.2) is 50.9 Å². The summed E-state index contributed by atoms with van der Waals surface area (Å²) in [7, 11) is -3.45. The van der Waals surface area contributed by atoms with Crippen molar-refractivity contribution >= 4 is 16.1 Å². The van der Waals surface area contributed by atoms with Gasteiger partial charge in [-0.05, 0) is 19.8 Å². The van der Waals surface area contributed by atoms with E-state index >= 15 is 0 Å². The number of nitrogens with one attached hydrogen (secondary N) is 1. The van der Waals surface area contributed by atoms with Gasteiger partial charge in [0.15, 0.2) is 0 Å². The van der Waals surface area contributed by atoms with Crippen LogP contribution in [0, 0.1) is 11.3 Å². The van der Waals surface area contributed by atoms with Crippen molar-refractivity contribution in [3.8, 4) is 6.07 Å². The molecule has 0 aromatic rings. The van der Waals surface area contributed by atoms with Gasteiger partial charge in [-0.2, -0.15) is 9.98 Å². The highest BCUT2D eigenvalue weighted by Crippen LogP contribution is 2.22. The molecule has 0 aromatic heterocycles. The van der Waals surface area contributed by atoms with Gasteiger partial charge in [-0.1, -0.05) is 0 Å². The second-order valence-electron chi connectivity index (χ2n) is 4.25. The number of ether oxygens (including phenoxy) is 1. The van der Waals surface area contributed by atoms with E-state index in [1.54, 1.807) is 6.92 Å². The Hall–Kier alpha value is -1.33. The van der Waals surface area contributed by atoms with Crippen molar-refractivity contribution < 1.29 is 17.9 Å². The fraction of sp³-hybridized carbons (Fsp3) is 0.800. The van der Waals surface area contributed by atoms with Crippen molar-refractivity contribution in [2.45, 2.75) is 25.3 Å². The second kappa shape index (κ2) is 5.54. The summed E-state index contributed by atoms with van der Waals surface area (Å²) in [4.78, 5) is 12.9. The molecule has 7 nitrogen and oxygen atoms in total. The van der Waals surface area contributed by atoms with Gasteiger partial charge < -0.3 is 9.64 Å². The molecule has 0 aliphatic carbocycles. The van der Waals surface area contributed by atoms with Crippen LogP contribution in [0.1, 0.15) is 19.8 Å². The van der Waals surface area contributed by atoms with Crippen molar-refractivity contribution in [3.63, 3.8) is 0 Å². The fourth-order valence-corrected chi connectivity index (χ4v) is 2.84. The van der Waals surface area contributed by atoms with Crippen LogP contribution in [0.5, 0.6) is 0 Å². The standard InChI is InChI=1S/C10H17N3O4S/c1-3-17-9(14)13-6-4-10(8-11,5-7-13)12-18(2,15)16/h12H,3-7H2,1-2H3. The number of amides is 1. The largest absolute Gasteiger partial charge is 0.450 e. The number of rotatable bonds is 3. The zero-order valence-electron chi connectivity index (χ0n) is 10.5. The number of sulfonamides is 1. The van der Waals surface area contributed by atoms with Gasteiger partial charge >= 0.3 is 6.09 Å². The van der Waals surface area contributed by atoms with Gasteiger partial charge in [0.2, 0.25) is 10.0 Å². The number of hydrogen-bond acceptors (Lipinski definition) is 5. The van der Waals surface area contributed by atoms with Gasteiger partial charge in [-0.3, -0.25) is 0 Å². The van der Waals surface area contributed by atoms with Crippen molar-refractivity contribution in [1.29, 1.82) is 5.26 Å². The molecule has 1 fully saturated rings. The molecule has 0 radical (unpaired) electrons. The van der Waals surface area contributed by atoms with Crippen molar-refractivity contribution in [3.05, 3.63) is 0 Å². The van der Waals surface area contributed by atoms with E-state index < -0.39 is 21.7 Å². The number of carbonyl (C=O) groups is 1. The van der Waals surface area contributed by atoms with Gasteiger partial charge in [-0.25, -0.2) is 13.2 Å². The van der Waals surface area contributed by atoms with E-state index in [1.807, 2.05) is 6.07 Å². The SMILES string of the molecule is CCOC(=O)N1CCC(C#N)(NS(C)(=O)=O)CC1. The molecule has 1 aliphatic rings. The van der Waals surface area contributed by atoms with Gasteiger partial charge in [0.05, 0.1) is 18.9 Å². The Labute approximate surface area is 107 Å². The third-order valence-corrected chi connectivity index (χ3v) is 3.50. The van der Waals surface area contributed by atoms with Crippen LogP contribution in [0.15, 0.2) is 0 Å². The molecule has 102 valence electrons. The normalized spacial score (nSPS) is 19.1. The first-order valence-electron chi connectivity index (χ1n) is 5.64. The van der Waals surface area contributed by atoms with E-state index in [0.717, 1.165) is 6.26 Å². The third kappa shape index (κ3) is 3.85. The average Bonchev–Trinajstić information content (AvgIpc) is 2.28. The minimum Gasteiger partial charge on any atom is -0.450 e. The summed E-state index contributed by atoms with van der Waals surface area (Å²) in [6.45, 7) is 2.61. The van der Waals surface area contributed by atoms with Crippen LogP contribution in [0.2, 0.25) is 0 Å². The molecule has 0 atom stereocenters. The molecule has 0 unspecified atom stereocenters. The highest BCUT2D eigenvalue weighted by Gasteiger charge is 2.38. The highest BCUT2D eigenvalue weighted by molar-refractivity contribution is 7.88. The first-order valence-corrected chi connectivity index (χ1v) is 7.53. The minimum atomic E-state index is -3.45. The van der Waals surface area contributed by atoms with Crippen LogP contribution in [0.4, 0.5) is 4.79 Å². The predicted octanol–water partition coefficient (Wildman–Crippen LogP) is 0.0503. The average molecular weight is 275 g/mol. The van der Waals surface area contributed by atoms with Crippen LogP contribution in [-0.2, 0) is 14.8 Å². The lowest BCUT2D eigenvalue weighted by Crippen LogP contribution is -2.55. The maximum absolute atomic E-state index is 11.5. The summed E-state index contributed by atoms with van der Waals surface area (Å²) in [5.74, 6) is 0. The number of nitriles is 1. The van der Waals surface area contributed by atoms with E-state index in [9.17, 15) is 13.2 Å². The van der Waals surface area contributed by atoms with E-state index in [1.165, 1.54) is 4.90 Å². The van der Waals surface area contributed by atoms with E-state index in [4.69, 9.17) is 10.00 Å². The minimum absolute atomic E-state index is 0.259. The number of likely N-dealkylation sites (tertiary alicyclic amines) is 1. The molecule has 0 saturated carbocycles. The molecule has 1 aliphatic heterocycles. The molecular formula is C10H17N3O4S.